The Morgan fingerprint density at radius 2 is 1.67 bits per heavy atom. The highest BCUT2D eigenvalue weighted by Gasteiger charge is 2.37. The zero-order valence-electron chi connectivity index (χ0n) is 8.10. The molecular weight excluding hydrogens is 192 g/mol. The van der Waals surface area contributed by atoms with Gasteiger partial charge in [-0.1, -0.05) is 12.1 Å². The van der Waals surface area contributed by atoms with E-state index >= 15 is 0 Å². The number of hydrogen-bond donors (Lipinski definition) is 0. The van der Waals surface area contributed by atoms with Crippen LogP contribution in [-0.2, 0) is 0 Å². The van der Waals surface area contributed by atoms with Gasteiger partial charge in [0.15, 0.2) is 0 Å². The van der Waals surface area contributed by atoms with Gasteiger partial charge in [0.05, 0.1) is 17.2 Å². The molecule has 4 heteroatoms. The molecule has 2 rings (SSSR count). The molecule has 0 unspecified atom stereocenters. The first kappa shape index (κ1) is 9.41. The lowest BCUT2D eigenvalue weighted by Gasteiger charge is -2.15. The first-order valence-electron chi connectivity index (χ1n) is 4.53. The zero-order valence-corrected chi connectivity index (χ0v) is 8.10. The van der Waals surface area contributed by atoms with Crippen LogP contribution in [0.25, 0.3) is 0 Å². The third-order valence-electron chi connectivity index (χ3n) is 2.40. The molecule has 0 N–H and O–H groups in total. The molecule has 1 aliphatic rings. The minimum atomic E-state index is -0.725. The zero-order chi connectivity index (χ0) is 11.0. The van der Waals surface area contributed by atoms with Gasteiger partial charge in [0, 0.05) is 0 Å². The SMILES string of the molecule is C[C@H](C#N)N1C(=O)c2ccccc2C1=O. The lowest BCUT2D eigenvalue weighted by atomic mass is 10.1. The van der Waals surface area contributed by atoms with Crippen LogP contribution in [0, 0.1) is 11.3 Å². The van der Waals surface area contributed by atoms with Gasteiger partial charge in [0.1, 0.15) is 6.04 Å². The molecule has 0 aromatic heterocycles. The Morgan fingerprint density at radius 1 is 1.20 bits per heavy atom. The highest BCUT2D eigenvalue weighted by atomic mass is 16.2. The number of carbonyl (C=O) groups is 2. The second-order valence-electron chi connectivity index (χ2n) is 3.33. The first-order valence-corrected chi connectivity index (χ1v) is 4.53. The topological polar surface area (TPSA) is 61.2 Å². The van der Waals surface area contributed by atoms with Crippen LogP contribution in [0.1, 0.15) is 27.6 Å². The van der Waals surface area contributed by atoms with Crippen molar-refractivity contribution in [2.75, 3.05) is 0 Å². The Balaban J connectivity index is 2.51. The second-order valence-corrected chi connectivity index (χ2v) is 3.33. The highest BCUT2D eigenvalue weighted by Crippen LogP contribution is 2.23. The smallest absolute Gasteiger partial charge is 0.262 e. The fraction of sp³-hybridized carbons (Fsp3) is 0.182. The Hall–Kier alpha value is -2.15. The monoisotopic (exact) mass is 200 g/mol. The summed E-state index contributed by atoms with van der Waals surface area (Å²) >= 11 is 0. The van der Waals surface area contributed by atoms with Crippen LogP contribution in [0.5, 0.6) is 0 Å². The average Bonchev–Trinajstić information content (AvgIpc) is 2.52. The number of benzene rings is 1. The third kappa shape index (κ3) is 1.21. The fourth-order valence-electron chi connectivity index (χ4n) is 1.62. The molecule has 74 valence electrons. The molecule has 4 nitrogen and oxygen atoms in total. The summed E-state index contributed by atoms with van der Waals surface area (Å²) in [6.45, 7) is 1.53. The summed E-state index contributed by atoms with van der Waals surface area (Å²) in [4.78, 5) is 24.5. The molecule has 2 amide bonds. The number of nitriles is 1. The van der Waals surface area contributed by atoms with E-state index in [1.54, 1.807) is 24.3 Å². The molecule has 1 aromatic carbocycles. The molecule has 0 saturated heterocycles. The summed E-state index contributed by atoms with van der Waals surface area (Å²) in [6.07, 6.45) is 0. The van der Waals surface area contributed by atoms with Crippen LogP contribution in [0.3, 0.4) is 0 Å². The normalized spacial score (nSPS) is 16.1. The van der Waals surface area contributed by atoms with E-state index in [4.69, 9.17) is 5.26 Å². The van der Waals surface area contributed by atoms with E-state index in [9.17, 15) is 9.59 Å². The predicted molar refractivity (Wildman–Crippen MR) is 52.0 cm³/mol. The van der Waals surface area contributed by atoms with E-state index in [1.165, 1.54) is 6.92 Å². The lowest BCUT2D eigenvalue weighted by Crippen LogP contribution is -2.36. The van der Waals surface area contributed by atoms with Gasteiger partial charge in [0.25, 0.3) is 11.8 Å². The molecule has 0 fully saturated rings. The van der Waals surface area contributed by atoms with E-state index in [1.807, 2.05) is 6.07 Å². The summed E-state index contributed by atoms with van der Waals surface area (Å²) < 4.78 is 0. The van der Waals surface area contributed by atoms with Gasteiger partial charge in [-0.15, -0.1) is 0 Å². The van der Waals surface area contributed by atoms with Crippen LogP contribution in [-0.4, -0.2) is 22.8 Å². The van der Waals surface area contributed by atoms with Crippen LogP contribution < -0.4 is 0 Å². The maximum Gasteiger partial charge on any atom is 0.262 e. The predicted octanol–water partition coefficient (Wildman–Crippen LogP) is 1.19. The molecule has 1 aromatic rings. The van der Waals surface area contributed by atoms with Gasteiger partial charge in [-0.3, -0.25) is 14.5 Å². The Labute approximate surface area is 86.7 Å². The van der Waals surface area contributed by atoms with Crippen molar-refractivity contribution in [3.05, 3.63) is 35.4 Å². The van der Waals surface area contributed by atoms with Crippen LogP contribution in [0.4, 0.5) is 0 Å². The molecule has 0 saturated carbocycles. The Morgan fingerprint density at radius 3 is 2.07 bits per heavy atom. The van der Waals surface area contributed by atoms with E-state index < -0.39 is 6.04 Å². The molecule has 1 aliphatic heterocycles. The molecule has 1 heterocycles. The molecule has 15 heavy (non-hydrogen) atoms. The fourth-order valence-corrected chi connectivity index (χ4v) is 1.62. The van der Waals surface area contributed by atoms with Gasteiger partial charge in [-0.05, 0) is 19.1 Å². The minimum absolute atomic E-state index is 0.379. The van der Waals surface area contributed by atoms with Gasteiger partial charge >= 0.3 is 0 Å². The van der Waals surface area contributed by atoms with E-state index in [0.717, 1.165) is 4.90 Å². The minimum Gasteiger partial charge on any atom is -0.269 e. The number of fused-ring (bicyclic) bond motifs is 1. The molecule has 0 bridgehead atoms. The van der Waals surface area contributed by atoms with Crippen molar-refractivity contribution < 1.29 is 9.59 Å². The lowest BCUT2D eigenvalue weighted by molar-refractivity contribution is 0.0629. The number of hydrogen-bond acceptors (Lipinski definition) is 3. The van der Waals surface area contributed by atoms with Gasteiger partial charge in [-0.25, -0.2) is 0 Å². The molecule has 1 atom stereocenters. The van der Waals surface area contributed by atoms with Crippen molar-refractivity contribution in [1.29, 1.82) is 5.26 Å². The van der Waals surface area contributed by atoms with Crippen molar-refractivity contribution >= 4 is 11.8 Å². The largest absolute Gasteiger partial charge is 0.269 e. The Bertz CT molecular complexity index is 453. The maximum atomic E-state index is 11.8. The molecule has 0 aliphatic carbocycles. The van der Waals surface area contributed by atoms with Crippen molar-refractivity contribution in [2.45, 2.75) is 13.0 Å². The van der Waals surface area contributed by atoms with E-state index in [2.05, 4.69) is 0 Å². The van der Waals surface area contributed by atoms with E-state index in [-0.39, 0.29) is 11.8 Å². The van der Waals surface area contributed by atoms with Crippen molar-refractivity contribution in [3.8, 4) is 6.07 Å². The summed E-state index contributed by atoms with van der Waals surface area (Å²) in [6, 6.07) is 7.75. The molecular formula is C11H8N2O2. The first-order chi connectivity index (χ1) is 7.16. The summed E-state index contributed by atoms with van der Waals surface area (Å²) in [5.41, 5.74) is 0.759. The number of amides is 2. The quantitative estimate of drug-likeness (QED) is 0.640. The molecule has 0 radical (unpaired) electrons. The number of rotatable bonds is 1. The summed E-state index contributed by atoms with van der Waals surface area (Å²) in [5.74, 6) is -0.769. The van der Waals surface area contributed by atoms with Gasteiger partial charge in [0.2, 0.25) is 0 Å². The maximum absolute atomic E-state index is 11.8. The van der Waals surface area contributed by atoms with Gasteiger partial charge < -0.3 is 0 Å². The van der Waals surface area contributed by atoms with Crippen LogP contribution >= 0.6 is 0 Å². The number of imide groups is 1. The van der Waals surface area contributed by atoms with Gasteiger partial charge in [-0.2, -0.15) is 5.26 Å². The van der Waals surface area contributed by atoms with Crippen molar-refractivity contribution in [3.63, 3.8) is 0 Å². The molecule has 0 spiro atoms. The van der Waals surface area contributed by atoms with Crippen molar-refractivity contribution in [1.82, 2.24) is 4.90 Å². The number of nitrogens with zero attached hydrogens (tertiary/aromatic N) is 2. The van der Waals surface area contributed by atoms with Crippen LogP contribution in [0.2, 0.25) is 0 Å². The average molecular weight is 200 g/mol. The third-order valence-corrected chi connectivity index (χ3v) is 2.40. The van der Waals surface area contributed by atoms with E-state index in [0.29, 0.717) is 11.1 Å². The van der Waals surface area contributed by atoms with Crippen LogP contribution in [0.15, 0.2) is 24.3 Å². The second kappa shape index (κ2) is 3.21. The summed E-state index contributed by atoms with van der Waals surface area (Å²) in [7, 11) is 0. The standard InChI is InChI=1S/C11H8N2O2/c1-7(6-12)13-10(14)8-4-2-3-5-9(8)11(13)15/h2-5,7H,1H3/t7-/m1/s1. The van der Waals surface area contributed by atoms with Crippen molar-refractivity contribution in [2.24, 2.45) is 0 Å². The Kier molecular flexibility index (Phi) is 2.01. The summed E-state index contributed by atoms with van der Waals surface area (Å²) in [5, 5.41) is 8.71. The number of carbonyl (C=O) groups excluding carboxylic acids is 2. The highest BCUT2D eigenvalue weighted by molar-refractivity contribution is 6.21.